The summed E-state index contributed by atoms with van der Waals surface area (Å²) in [6, 6.07) is 9.20. The summed E-state index contributed by atoms with van der Waals surface area (Å²) >= 11 is 0. The Morgan fingerprint density at radius 2 is 2.14 bits per heavy atom. The molecule has 0 atom stereocenters. The average molecular weight is 302 g/mol. The van der Waals surface area contributed by atoms with E-state index < -0.39 is 10.9 Å². The van der Waals surface area contributed by atoms with Gasteiger partial charge in [-0.15, -0.1) is 0 Å². The lowest BCUT2D eigenvalue weighted by Crippen LogP contribution is -2.22. The van der Waals surface area contributed by atoms with Crippen molar-refractivity contribution in [1.82, 2.24) is 9.78 Å². The van der Waals surface area contributed by atoms with E-state index in [1.807, 2.05) is 0 Å². The molecule has 0 aliphatic heterocycles. The first-order chi connectivity index (χ1) is 10.5. The van der Waals surface area contributed by atoms with Crippen LogP contribution in [0, 0.1) is 15.5 Å². The van der Waals surface area contributed by atoms with Crippen molar-refractivity contribution in [3.05, 3.63) is 52.0 Å². The van der Waals surface area contributed by atoms with Gasteiger partial charge in [-0.05, 0) is 18.6 Å². The monoisotopic (exact) mass is 302 g/mol. The van der Waals surface area contributed by atoms with Crippen LogP contribution in [-0.2, 0) is 11.3 Å². The van der Waals surface area contributed by atoms with E-state index in [-0.39, 0.29) is 17.6 Å². The van der Waals surface area contributed by atoms with Crippen molar-refractivity contribution in [2.24, 2.45) is 0 Å². The first kappa shape index (κ1) is 15.4. The number of aryl methyl sites for hydroxylation is 1. The minimum atomic E-state index is -0.901. The van der Waals surface area contributed by atoms with Crippen LogP contribution < -0.4 is 5.49 Å². The molecule has 0 fully saturated rings. The predicted octanol–water partition coefficient (Wildman–Crippen LogP) is 1.80. The maximum Gasteiger partial charge on any atom is 0.303 e. The number of aromatic nitrogens is 2. The highest BCUT2D eigenvalue weighted by atomic mass is 16.6. The number of nitrogens with one attached hydrogen (secondary N) is 1. The molecule has 0 aliphatic carbocycles. The number of nitro benzene ring substituents is 1. The first-order valence-electron chi connectivity index (χ1n) is 6.57. The summed E-state index contributed by atoms with van der Waals surface area (Å²) in [6.07, 6.45) is 0.354. The molecule has 114 valence electrons. The fourth-order valence-electron chi connectivity index (χ4n) is 1.94. The molecule has 2 rings (SSSR count). The van der Waals surface area contributed by atoms with Gasteiger partial charge in [-0.3, -0.25) is 20.3 Å². The molecule has 0 bridgehead atoms. The molecular formula is C14H14N4O4. The number of nitrogens with zero attached hydrogens (tertiary/aromatic N) is 3. The fraction of sp³-hybridized carbons (Fsp3) is 0.214. The maximum atomic E-state index is 10.8. The standard InChI is InChI=1S/C14H14N4O4/c15-13-7-6-12(16-17(13)8-2-5-14(19)20)10-3-1-4-11(9-10)18(21)22/h1,3-4,6-7,9,15H,2,5,8H2,(H,19,20). The van der Waals surface area contributed by atoms with Gasteiger partial charge in [0.15, 0.2) is 0 Å². The van der Waals surface area contributed by atoms with Gasteiger partial charge < -0.3 is 5.11 Å². The lowest BCUT2D eigenvalue weighted by Gasteiger charge is -2.07. The molecule has 0 radical (unpaired) electrons. The van der Waals surface area contributed by atoms with Crippen molar-refractivity contribution >= 4 is 11.7 Å². The average Bonchev–Trinajstić information content (AvgIpc) is 2.49. The second kappa shape index (κ2) is 6.61. The summed E-state index contributed by atoms with van der Waals surface area (Å²) in [5.74, 6) is -0.901. The van der Waals surface area contributed by atoms with Crippen molar-refractivity contribution in [1.29, 1.82) is 5.41 Å². The van der Waals surface area contributed by atoms with Crippen molar-refractivity contribution in [2.75, 3.05) is 0 Å². The predicted molar refractivity (Wildman–Crippen MR) is 77.0 cm³/mol. The molecule has 22 heavy (non-hydrogen) atoms. The Morgan fingerprint density at radius 3 is 2.82 bits per heavy atom. The van der Waals surface area contributed by atoms with E-state index in [0.717, 1.165) is 0 Å². The number of benzene rings is 1. The Labute approximate surface area is 125 Å². The van der Waals surface area contributed by atoms with Crippen LogP contribution in [-0.4, -0.2) is 25.8 Å². The molecule has 1 aromatic heterocycles. The number of carboxylic acid groups (broad SMARTS) is 1. The highest BCUT2D eigenvalue weighted by molar-refractivity contribution is 5.66. The van der Waals surface area contributed by atoms with Crippen LogP contribution in [0.25, 0.3) is 11.3 Å². The number of carboxylic acids is 1. The first-order valence-corrected chi connectivity index (χ1v) is 6.57. The van der Waals surface area contributed by atoms with Gasteiger partial charge in [-0.1, -0.05) is 12.1 Å². The number of nitro groups is 1. The van der Waals surface area contributed by atoms with Gasteiger partial charge in [-0.2, -0.15) is 5.10 Å². The van der Waals surface area contributed by atoms with Crippen LogP contribution in [0.15, 0.2) is 36.4 Å². The number of aliphatic carboxylic acids is 1. The second-order valence-corrected chi connectivity index (χ2v) is 4.63. The van der Waals surface area contributed by atoms with Crippen molar-refractivity contribution in [2.45, 2.75) is 19.4 Å². The molecule has 0 saturated carbocycles. The molecule has 1 aromatic carbocycles. The van der Waals surface area contributed by atoms with E-state index in [4.69, 9.17) is 10.5 Å². The third-order valence-corrected chi connectivity index (χ3v) is 3.02. The Hall–Kier alpha value is -3.03. The molecule has 0 saturated heterocycles. The van der Waals surface area contributed by atoms with Crippen LogP contribution in [0.3, 0.4) is 0 Å². The topological polar surface area (TPSA) is 122 Å². The van der Waals surface area contributed by atoms with Crippen LogP contribution in [0.1, 0.15) is 12.8 Å². The molecule has 0 unspecified atom stereocenters. The summed E-state index contributed by atoms with van der Waals surface area (Å²) in [4.78, 5) is 20.8. The van der Waals surface area contributed by atoms with Crippen LogP contribution in [0.4, 0.5) is 5.69 Å². The zero-order chi connectivity index (χ0) is 16.1. The highest BCUT2D eigenvalue weighted by Gasteiger charge is 2.09. The Kier molecular flexibility index (Phi) is 4.62. The molecule has 2 N–H and O–H groups in total. The van der Waals surface area contributed by atoms with E-state index in [1.54, 1.807) is 18.2 Å². The minimum absolute atomic E-state index is 0.00481. The van der Waals surface area contributed by atoms with Gasteiger partial charge in [0, 0.05) is 30.7 Å². The Balaban J connectivity index is 2.29. The third kappa shape index (κ3) is 3.75. The van der Waals surface area contributed by atoms with Crippen LogP contribution in [0.5, 0.6) is 0 Å². The highest BCUT2D eigenvalue weighted by Crippen LogP contribution is 2.21. The lowest BCUT2D eigenvalue weighted by molar-refractivity contribution is -0.384. The quantitative estimate of drug-likeness (QED) is 0.622. The number of rotatable bonds is 6. The Bertz CT molecular complexity index is 769. The summed E-state index contributed by atoms with van der Waals surface area (Å²) in [5.41, 5.74) is 1.18. The maximum absolute atomic E-state index is 10.8. The lowest BCUT2D eigenvalue weighted by atomic mass is 10.1. The number of hydrogen-bond donors (Lipinski definition) is 2. The molecule has 0 aliphatic rings. The molecule has 2 aromatic rings. The normalized spacial score (nSPS) is 10.4. The van der Waals surface area contributed by atoms with Crippen molar-refractivity contribution < 1.29 is 14.8 Å². The van der Waals surface area contributed by atoms with Gasteiger partial charge in [0.05, 0.1) is 10.6 Å². The molecule has 0 spiro atoms. The van der Waals surface area contributed by atoms with E-state index in [1.165, 1.54) is 22.9 Å². The molecule has 8 nitrogen and oxygen atoms in total. The van der Waals surface area contributed by atoms with E-state index in [9.17, 15) is 14.9 Å². The van der Waals surface area contributed by atoms with Gasteiger partial charge in [-0.25, -0.2) is 4.68 Å². The largest absolute Gasteiger partial charge is 0.481 e. The number of non-ortho nitro benzene ring substituents is 1. The zero-order valence-electron chi connectivity index (χ0n) is 11.6. The second-order valence-electron chi connectivity index (χ2n) is 4.63. The SMILES string of the molecule is N=c1ccc(-c2cccc([N+](=O)[O-])c2)nn1CCCC(=O)O. The smallest absolute Gasteiger partial charge is 0.303 e. The Morgan fingerprint density at radius 1 is 1.36 bits per heavy atom. The minimum Gasteiger partial charge on any atom is -0.481 e. The summed E-state index contributed by atoms with van der Waals surface area (Å²) in [5, 5.41) is 31.5. The van der Waals surface area contributed by atoms with Gasteiger partial charge in [0.2, 0.25) is 0 Å². The number of carbonyl (C=O) groups is 1. The van der Waals surface area contributed by atoms with Gasteiger partial charge >= 0.3 is 5.97 Å². The number of hydrogen-bond acceptors (Lipinski definition) is 5. The molecule has 0 amide bonds. The van der Waals surface area contributed by atoms with E-state index in [0.29, 0.717) is 24.2 Å². The molecule has 1 heterocycles. The van der Waals surface area contributed by atoms with Gasteiger partial charge in [0.1, 0.15) is 5.49 Å². The summed E-state index contributed by atoms with van der Waals surface area (Å²) in [6.45, 7) is 0.300. The fourth-order valence-corrected chi connectivity index (χ4v) is 1.94. The zero-order valence-corrected chi connectivity index (χ0v) is 11.6. The van der Waals surface area contributed by atoms with Crippen molar-refractivity contribution in [3.8, 4) is 11.3 Å². The van der Waals surface area contributed by atoms with Crippen LogP contribution >= 0.6 is 0 Å². The summed E-state index contributed by atoms with van der Waals surface area (Å²) in [7, 11) is 0. The molecule has 8 heteroatoms. The summed E-state index contributed by atoms with van der Waals surface area (Å²) < 4.78 is 1.39. The third-order valence-electron chi connectivity index (χ3n) is 3.02. The van der Waals surface area contributed by atoms with Crippen molar-refractivity contribution in [3.63, 3.8) is 0 Å². The van der Waals surface area contributed by atoms with E-state index in [2.05, 4.69) is 5.10 Å². The van der Waals surface area contributed by atoms with Crippen LogP contribution in [0.2, 0.25) is 0 Å². The van der Waals surface area contributed by atoms with Gasteiger partial charge in [0.25, 0.3) is 5.69 Å². The molecular weight excluding hydrogens is 288 g/mol. The van der Waals surface area contributed by atoms with E-state index >= 15 is 0 Å².